The molecule has 9 nitrogen and oxygen atoms in total. The molecule has 4 aromatic heterocycles. The second-order valence-corrected chi connectivity index (χ2v) is 8.86. The van der Waals surface area contributed by atoms with Crippen molar-refractivity contribution in [2.24, 2.45) is 0 Å². The number of carbonyl (C=O) groups is 1. The van der Waals surface area contributed by atoms with Crippen molar-refractivity contribution in [3.8, 4) is 11.3 Å². The zero-order valence-electron chi connectivity index (χ0n) is 17.0. The summed E-state index contributed by atoms with van der Waals surface area (Å²) in [6.07, 6.45) is 6.04. The molecule has 0 unspecified atom stereocenters. The van der Waals surface area contributed by atoms with Crippen LogP contribution in [0.2, 0.25) is 0 Å². The molecule has 11 heteroatoms. The Hall–Kier alpha value is -3.70. The van der Waals surface area contributed by atoms with Gasteiger partial charge in [0, 0.05) is 15.8 Å². The molecule has 0 saturated carbocycles. The predicted octanol–water partition coefficient (Wildman–Crippen LogP) is 4.29. The highest BCUT2D eigenvalue weighted by Crippen LogP contribution is 2.36. The van der Waals surface area contributed by atoms with E-state index < -0.39 is 0 Å². The van der Waals surface area contributed by atoms with Gasteiger partial charge in [-0.05, 0) is 43.2 Å². The first-order valence-corrected chi connectivity index (χ1v) is 11.3. The second-order valence-electron chi connectivity index (χ2n) is 6.94. The highest BCUT2D eigenvalue weighted by Gasteiger charge is 2.15. The molecule has 0 aliphatic rings. The number of hydrogen-bond acceptors (Lipinski definition) is 9. The van der Waals surface area contributed by atoms with Gasteiger partial charge in [0.15, 0.2) is 10.8 Å². The Bertz CT molecular complexity index is 1410. The number of hydrogen-bond donors (Lipinski definition) is 2. The molecule has 0 spiro atoms. The van der Waals surface area contributed by atoms with Crippen molar-refractivity contribution in [2.75, 3.05) is 5.32 Å². The first kappa shape index (κ1) is 20.2. The summed E-state index contributed by atoms with van der Waals surface area (Å²) < 4.78 is 0. The Balaban J connectivity index is 1.39. The van der Waals surface area contributed by atoms with Crippen LogP contribution in [0.1, 0.15) is 21.5 Å². The van der Waals surface area contributed by atoms with Crippen LogP contribution < -0.4 is 5.32 Å². The molecule has 1 aromatic carbocycles. The van der Waals surface area contributed by atoms with Crippen molar-refractivity contribution in [1.82, 2.24) is 35.1 Å². The minimum atomic E-state index is -0.268. The minimum absolute atomic E-state index is 0.268. The van der Waals surface area contributed by atoms with E-state index in [1.807, 2.05) is 5.38 Å². The SMILES string of the molecule is Cc1cc(Sc2ncnc3nc[nH]c23)cc(C)c1-c1csc(NC(=O)c2ccnnc2)n1. The van der Waals surface area contributed by atoms with Crippen molar-refractivity contribution in [3.05, 3.63) is 65.3 Å². The van der Waals surface area contributed by atoms with Crippen molar-refractivity contribution in [1.29, 1.82) is 0 Å². The van der Waals surface area contributed by atoms with Gasteiger partial charge >= 0.3 is 0 Å². The van der Waals surface area contributed by atoms with E-state index in [1.54, 1.807) is 24.2 Å². The quantitative estimate of drug-likeness (QED) is 0.373. The third-order valence-electron chi connectivity index (χ3n) is 4.74. The second kappa shape index (κ2) is 8.44. The first-order chi connectivity index (χ1) is 15.6. The number of amides is 1. The number of aromatic nitrogens is 7. The summed E-state index contributed by atoms with van der Waals surface area (Å²) in [4.78, 5) is 33.9. The van der Waals surface area contributed by atoms with E-state index in [0.717, 1.165) is 37.8 Å². The maximum absolute atomic E-state index is 12.4. The number of H-pyrrole nitrogens is 1. The minimum Gasteiger partial charge on any atom is -0.341 e. The molecule has 0 atom stereocenters. The number of thiazole rings is 1. The van der Waals surface area contributed by atoms with Gasteiger partial charge in [0.1, 0.15) is 16.9 Å². The molecule has 2 N–H and O–H groups in total. The number of rotatable bonds is 5. The molecule has 0 bridgehead atoms. The fraction of sp³-hybridized carbons (Fsp3) is 0.0952. The molecule has 158 valence electrons. The van der Waals surface area contributed by atoms with Crippen LogP contribution >= 0.6 is 23.1 Å². The Morgan fingerprint density at radius 3 is 2.75 bits per heavy atom. The van der Waals surface area contributed by atoms with Crippen LogP contribution in [0.5, 0.6) is 0 Å². The molecule has 0 aliphatic carbocycles. The molecule has 4 heterocycles. The van der Waals surface area contributed by atoms with Crippen LogP contribution in [0.15, 0.2) is 58.5 Å². The maximum Gasteiger partial charge on any atom is 0.259 e. The average molecular weight is 461 g/mol. The number of nitrogens with one attached hydrogen (secondary N) is 2. The summed E-state index contributed by atoms with van der Waals surface area (Å²) in [6, 6.07) is 5.82. The summed E-state index contributed by atoms with van der Waals surface area (Å²) in [5, 5.41) is 13.5. The molecular weight excluding hydrogens is 444 g/mol. The van der Waals surface area contributed by atoms with E-state index in [0.29, 0.717) is 16.3 Å². The van der Waals surface area contributed by atoms with E-state index in [9.17, 15) is 4.79 Å². The third kappa shape index (κ3) is 3.95. The van der Waals surface area contributed by atoms with Gasteiger partial charge in [-0.25, -0.2) is 19.9 Å². The lowest BCUT2D eigenvalue weighted by atomic mass is 10.0. The zero-order chi connectivity index (χ0) is 22.1. The molecule has 1 amide bonds. The number of benzene rings is 1. The van der Waals surface area contributed by atoms with Gasteiger partial charge in [-0.1, -0.05) is 11.8 Å². The summed E-state index contributed by atoms with van der Waals surface area (Å²) in [7, 11) is 0. The molecule has 0 saturated heterocycles. The fourth-order valence-corrected chi connectivity index (χ4v) is 5.10. The predicted molar refractivity (Wildman–Crippen MR) is 123 cm³/mol. The smallest absolute Gasteiger partial charge is 0.259 e. The van der Waals surface area contributed by atoms with Crippen molar-refractivity contribution in [2.45, 2.75) is 23.8 Å². The highest BCUT2D eigenvalue weighted by atomic mass is 32.2. The average Bonchev–Trinajstić information content (AvgIpc) is 3.44. The van der Waals surface area contributed by atoms with Crippen molar-refractivity contribution < 1.29 is 4.79 Å². The number of aryl methyl sites for hydroxylation is 2. The lowest BCUT2D eigenvalue weighted by molar-refractivity contribution is 0.102. The van der Waals surface area contributed by atoms with Gasteiger partial charge in [-0.15, -0.1) is 11.3 Å². The Kier molecular flexibility index (Phi) is 5.33. The third-order valence-corrected chi connectivity index (χ3v) is 6.47. The molecule has 5 rings (SSSR count). The van der Waals surface area contributed by atoms with Gasteiger partial charge in [-0.2, -0.15) is 10.2 Å². The van der Waals surface area contributed by atoms with Crippen molar-refractivity contribution >= 4 is 45.3 Å². The zero-order valence-corrected chi connectivity index (χ0v) is 18.7. The van der Waals surface area contributed by atoms with Gasteiger partial charge in [-0.3, -0.25) is 10.1 Å². The van der Waals surface area contributed by atoms with Crippen LogP contribution in [-0.4, -0.2) is 41.0 Å². The van der Waals surface area contributed by atoms with Crippen LogP contribution in [0.3, 0.4) is 0 Å². The largest absolute Gasteiger partial charge is 0.341 e. The van der Waals surface area contributed by atoms with E-state index in [-0.39, 0.29) is 5.91 Å². The first-order valence-electron chi connectivity index (χ1n) is 9.55. The Morgan fingerprint density at radius 1 is 1.12 bits per heavy atom. The maximum atomic E-state index is 12.4. The van der Waals surface area contributed by atoms with E-state index in [4.69, 9.17) is 0 Å². The van der Waals surface area contributed by atoms with Gasteiger partial charge < -0.3 is 4.98 Å². The molecule has 0 radical (unpaired) electrons. The van der Waals surface area contributed by atoms with Crippen LogP contribution in [0.25, 0.3) is 22.4 Å². The van der Waals surface area contributed by atoms with Gasteiger partial charge in [0.05, 0.1) is 30.0 Å². The molecular formula is C21H16N8OS2. The lowest BCUT2D eigenvalue weighted by Crippen LogP contribution is -2.12. The normalized spacial score (nSPS) is 11.1. The fourth-order valence-electron chi connectivity index (χ4n) is 3.36. The topological polar surface area (TPSA) is 122 Å². The monoisotopic (exact) mass is 460 g/mol. The van der Waals surface area contributed by atoms with Gasteiger partial charge in [0.25, 0.3) is 5.91 Å². The number of aromatic amines is 1. The van der Waals surface area contributed by atoms with Crippen molar-refractivity contribution in [3.63, 3.8) is 0 Å². The van der Waals surface area contributed by atoms with Gasteiger partial charge in [0.2, 0.25) is 0 Å². The molecule has 5 aromatic rings. The van der Waals surface area contributed by atoms with Crippen LogP contribution in [0.4, 0.5) is 5.13 Å². The summed E-state index contributed by atoms with van der Waals surface area (Å²) in [5.74, 6) is -0.268. The summed E-state index contributed by atoms with van der Waals surface area (Å²) in [6.45, 7) is 4.11. The van der Waals surface area contributed by atoms with Crippen LogP contribution in [0, 0.1) is 13.8 Å². The van der Waals surface area contributed by atoms with E-state index >= 15 is 0 Å². The Labute approximate surface area is 190 Å². The highest BCUT2D eigenvalue weighted by molar-refractivity contribution is 7.99. The molecule has 0 aliphatic heterocycles. The number of anilines is 1. The van der Waals surface area contributed by atoms with Crippen LogP contribution in [-0.2, 0) is 0 Å². The Morgan fingerprint density at radius 2 is 1.97 bits per heavy atom. The number of imidazole rings is 1. The number of carbonyl (C=O) groups excluding carboxylic acids is 1. The summed E-state index contributed by atoms with van der Waals surface area (Å²) in [5.41, 5.74) is 5.94. The molecule has 32 heavy (non-hydrogen) atoms. The number of fused-ring (bicyclic) bond motifs is 1. The standard InChI is InChI=1S/C21H16N8OS2/c1-11-5-14(32-20-17-18(23-9-22-17)24-10-25-20)6-12(2)16(11)15-8-31-21(28-15)29-19(30)13-3-4-26-27-7-13/h3-10H,1-2H3,(H,28,29,30)(H,22,23,24,25). The summed E-state index contributed by atoms with van der Waals surface area (Å²) >= 11 is 2.94. The van der Waals surface area contributed by atoms with E-state index in [2.05, 4.69) is 66.4 Å². The number of nitrogens with zero attached hydrogens (tertiary/aromatic N) is 6. The molecule has 0 fully saturated rings. The van der Waals surface area contributed by atoms with E-state index in [1.165, 1.54) is 30.1 Å². The lowest BCUT2D eigenvalue weighted by Gasteiger charge is -2.11.